The number of amides is 10. The summed E-state index contributed by atoms with van der Waals surface area (Å²) in [5.74, 6) is -5.52. The Hall–Kier alpha value is -4.70. The van der Waals surface area contributed by atoms with E-state index in [1.807, 2.05) is 25.6 Å². The normalized spacial score (nSPS) is 19.6. The molecule has 0 aromatic rings. The Morgan fingerprint density at radius 1 is 0.807 bits per heavy atom. The van der Waals surface area contributed by atoms with Crippen LogP contribution in [0.4, 0.5) is 4.79 Å². The third-order valence-electron chi connectivity index (χ3n) is 9.37. The zero-order valence-electron chi connectivity index (χ0n) is 32.9. The second-order valence-electron chi connectivity index (χ2n) is 14.8. The minimum Gasteiger partial charge on any atom is -0.391 e. The first-order chi connectivity index (χ1) is 26.9. The lowest BCUT2D eigenvalue weighted by Gasteiger charge is -2.24. The van der Waals surface area contributed by atoms with Crippen LogP contribution in [0.25, 0.3) is 0 Å². The Labute approximate surface area is 336 Å². The first-order valence-corrected chi connectivity index (χ1v) is 20.3. The van der Waals surface area contributed by atoms with Gasteiger partial charge in [0, 0.05) is 36.3 Å². The summed E-state index contributed by atoms with van der Waals surface area (Å²) in [5.41, 5.74) is 6.91. The molecule has 2 aliphatic rings. The highest BCUT2D eigenvalue weighted by Gasteiger charge is 2.42. The number of carbonyl (C=O) groups is 9. The number of aliphatic hydroxyl groups excluding tert-OH is 1. The van der Waals surface area contributed by atoms with E-state index in [4.69, 9.17) is 10.9 Å². The lowest BCUT2D eigenvalue weighted by molar-refractivity contribution is -0.137. The Morgan fingerprint density at radius 2 is 1.51 bits per heavy atom. The highest BCUT2D eigenvalue weighted by molar-refractivity contribution is 8.00. The summed E-state index contributed by atoms with van der Waals surface area (Å²) in [6.45, 7) is 5.40. The predicted octanol–water partition coefficient (Wildman–Crippen LogP) is -2.87. The summed E-state index contributed by atoms with van der Waals surface area (Å²) in [4.78, 5) is 110. The van der Waals surface area contributed by atoms with Crippen molar-refractivity contribution in [1.82, 2.24) is 48.0 Å². The SMILES string of the molecule is CC(C)CC(CC(=O)NO)C(=O)N[C@@H](C)C(=O)N[C@H](C(=O)NCC(=O)NCC(=O)N[C@@H](CCCCNC(=O)CCCC[C@@H]1SC[C@@H]2NC(=O)N[C@@H]21)C(N)=O)[C@@H](C)O. The highest BCUT2D eigenvalue weighted by Crippen LogP contribution is 2.33. The smallest absolute Gasteiger partial charge is 0.315 e. The molecule has 2 aliphatic heterocycles. The van der Waals surface area contributed by atoms with E-state index in [9.17, 15) is 48.3 Å². The van der Waals surface area contributed by atoms with E-state index in [1.54, 1.807) is 0 Å². The van der Waals surface area contributed by atoms with Gasteiger partial charge < -0.3 is 53.4 Å². The first-order valence-electron chi connectivity index (χ1n) is 19.2. The monoisotopic (exact) mass is 828 g/mol. The zero-order chi connectivity index (χ0) is 42.7. The number of nitrogens with one attached hydrogen (secondary N) is 9. The Balaban J connectivity index is 1.65. The molecule has 2 fully saturated rings. The average Bonchev–Trinajstić information content (AvgIpc) is 3.70. The van der Waals surface area contributed by atoms with E-state index in [-0.39, 0.29) is 49.2 Å². The zero-order valence-corrected chi connectivity index (χ0v) is 33.8. The minimum absolute atomic E-state index is 0.0158. The summed E-state index contributed by atoms with van der Waals surface area (Å²) in [6, 6.07) is -3.57. The van der Waals surface area contributed by atoms with E-state index in [2.05, 4.69) is 42.5 Å². The molecule has 13 N–H and O–H groups in total. The number of hydrogen-bond acceptors (Lipinski definition) is 12. The molecule has 0 aromatic heterocycles. The van der Waals surface area contributed by atoms with Crippen LogP contribution in [0.1, 0.15) is 85.5 Å². The van der Waals surface area contributed by atoms with Crippen LogP contribution < -0.4 is 53.7 Å². The molecular formula is C35H60N10O11S. The number of hydroxylamine groups is 1. The van der Waals surface area contributed by atoms with Gasteiger partial charge in [-0.25, -0.2) is 10.3 Å². The van der Waals surface area contributed by atoms with Gasteiger partial charge in [0.05, 0.1) is 31.3 Å². The van der Waals surface area contributed by atoms with Crippen LogP contribution >= 0.6 is 11.8 Å². The molecule has 57 heavy (non-hydrogen) atoms. The Bertz CT molecular complexity index is 1440. The van der Waals surface area contributed by atoms with Gasteiger partial charge in [-0.15, -0.1) is 0 Å². The van der Waals surface area contributed by atoms with E-state index < -0.39 is 84.6 Å². The van der Waals surface area contributed by atoms with E-state index >= 15 is 0 Å². The molecule has 0 saturated carbocycles. The van der Waals surface area contributed by atoms with Gasteiger partial charge in [-0.1, -0.05) is 20.3 Å². The molecule has 2 saturated heterocycles. The molecule has 22 heteroatoms. The second-order valence-corrected chi connectivity index (χ2v) is 16.0. The van der Waals surface area contributed by atoms with Gasteiger partial charge in [0.1, 0.15) is 18.1 Å². The first kappa shape index (κ1) is 48.4. The lowest BCUT2D eigenvalue weighted by atomic mass is 9.93. The molecule has 8 atom stereocenters. The van der Waals surface area contributed by atoms with Crippen LogP contribution in [0.5, 0.6) is 0 Å². The molecule has 2 rings (SSSR count). The minimum atomic E-state index is -1.53. The Kier molecular flexibility index (Phi) is 21.1. The van der Waals surface area contributed by atoms with E-state index in [0.717, 1.165) is 25.0 Å². The topological polar surface area (TPSA) is 328 Å². The van der Waals surface area contributed by atoms with Crippen molar-refractivity contribution in [3.05, 3.63) is 0 Å². The molecule has 2 heterocycles. The number of urea groups is 1. The summed E-state index contributed by atoms with van der Waals surface area (Å²) >= 11 is 1.83. The number of nitrogens with two attached hydrogens (primary N) is 1. The fraction of sp³-hybridized carbons (Fsp3) is 0.743. The number of rotatable bonds is 26. The summed E-state index contributed by atoms with van der Waals surface area (Å²) < 4.78 is 0. The van der Waals surface area contributed by atoms with Gasteiger partial charge in [-0.05, 0) is 58.3 Å². The third kappa shape index (κ3) is 18.0. The molecule has 0 radical (unpaired) electrons. The molecule has 0 bridgehead atoms. The number of primary amides is 1. The standard InChI is InChI=1S/C35H60N10O11S/c1-18(2)13-21(14-26(48)45-56)33(53)40-19(3)32(52)43-29(20(4)46)34(54)39-15-27(49)38-16-28(50)41-22(31(36)51)9-7-8-12-37-25(47)11-6-5-10-24-30-23(17-57-24)42-35(55)44-30/h18-24,29-30,46,56H,5-17H2,1-4H3,(H2,36,51)(H,37,47)(H,38,49)(H,39,54)(H,40,53)(H,41,50)(H,43,52)(H,45,48)(H2,42,44,55)/t19-,20+,21?,22-,23-,24-,29-,30-/m0/s1. The number of aliphatic hydroxyl groups is 1. The van der Waals surface area contributed by atoms with Crippen molar-refractivity contribution in [2.45, 2.75) is 127 Å². The van der Waals surface area contributed by atoms with Crippen molar-refractivity contribution in [3.8, 4) is 0 Å². The summed E-state index contributed by atoms with van der Waals surface area (Å²) in [5, 5.41) is 39.8. The van der Waals surface area contributed by atoms with Gasteiger partial charge >= 0.3 is 6.03 Å². The van der Waals surface area contributed by atoms with Crippen molar-refractivity contribution >= 4 is 65.1 Å². The Morgan fingerprint density at radius 3 is 2.16 bits per heavy atom. The van der Waals surface area contributed by atoms with Gasteiger partial charge in [-0.2, -0.15) is 11.8 Å². The molecule has 322 valence electrons. The van der Waals surface area contributed by atoms with E-state index in [0.29, 0.717) is 31.1 Å². The van der Waals surface area contributed by atoms with Crippen LogP contribution in [0.2, 0.25) is 0 Å². The van der Waals surface area contributed by atoms with Crippen molar-refractivity contribution in [2.24, 2.45) is 17.6 Å². The highest BCUT2D eigenvalue weighted by atomic mass is 32.2. The van der Waals surface area contributed by atoms with Gasteiger partial charge in [0.2, 0.25) is 47.3 Å². The number of thioether (sulfide) groups is 1. The quantitative estimate of drug-likeness (QED) is 0.0181. The number of carbonyl (C=O) groups excluding carboxylic acids is 9. The van der Waals surface area contributed by atoms with Crippen LogP contribution in [0.15, 0.2) is 0 Å². The predicted molar refractivity (Wildman–Crippen MR) is 207 cm³/mol. The lowest BCUT2D eigenvalue weighted by Crippen LogP contribution is -2.57. The van der Waals surface area contributed by atoms with Crippen molar-refractivity contribution in [2.75, 3.05) is 25.4 Å². The maximum absolute atomic E-state index is 12.8. The fourth-order valence-electron chi connectivity index (χ4n) is 6.32. The van der Waals surface area contributed by atoms with Crippen LogP contribution in [0, 0.1) is 11.8 Å². The molecule has 0 aromatic carbocycles. The fourth-order valence-corrected chi connectivity index (χ4v) is 7.86. The number of hydrogen-bond donors (Lipinski definition) is 12. The summed E-state index contributed by atoms with van der Waals surface area (Å²) in [6.07, 6.45) is 2.61. The second kappa shape index (κ2) is 24.8. The number of fused-ring (bicyclic) bond motifs is 1. The van der Waals surface area contributed by atoms with Gasteiger partial charge in [0.25, 0.3) is 0 Å². The van der Waals surface area contributed by atoms with Crippen molar-refractivity contribution < 1.29 is 53.5 Å². The van der Waals surface area contributed by atoms with Crippen LogP contribution in [-0.4, -0.2) is 131 Å². The largest absolute Gasteiger partial charge is 0.391 e. The maximum atomic E-state index is 12.8. The molecule has 10 amide bonds. The third-order valence-corrected chi connectivity index (χ3v) is 10.9. The van der Waals surface area contributed by atoms with Crippen molar-refractivity contribution in [1.29, 1.82) is 0 Å². The van der Waals surface area contributed by atoms with Gasteiger partial charge in [0.15, 0.2) is 0 Å². The van der Waals surface area contributed by atoms with Gasteiger partial charge in [-0.3, -0.25) is 43.6 Å². The molecule has 0 aliphatic carbocycles. The van der Waals surface area contributed by atoms with Crippen LogP contribution in [0.3, 0.4) is 0 Å². The van der Waals surface area contributed by atoms with Crippen molar-refractivity contribution in [3.63, 3.8) is 0 Å². The maximum Gasteiger partial charge on any atom is 0.315 e. The molecular weight excluding hydrogens is 769 g/mol. The number of unbranched alkanes of at least 4 members (excludes halogenated alkanes) is 2. The molecule has 21 nitrogen and oxygen atoms in total. The average molecular weight is 829 g/mol. The molecule has 1 unspecified atom stereocenters. The van der Waals surface area contributed by atoms with Crippen LogP contribution in [-0.2, 0) is 38.4 Å². The molecule has 0 spiro atoms. The van der Waals surface area contributed by atoms with E-state index in [1.165, 1.54) is 19.3 Å². The summed E-state index contributed by atoms with van der Waals surface area (Å²) in [7, 11) is 0.